The maximum atomic E-state index is 13.5. The third kappa shape index (κ3) is 6.64. The molecule has 0 bridgehead atoms. The molecule has 1 saturated carbocycles. The Morgan fingerprint density at radius 3 is 2.48 bits per heavy atom. The highest BCUT2D eigenvalue weighted by Crippen LogP contribution is 2.37. The molecular weight excluding hydrogens is 493 g/mol. The minimum Gasteiger partial charge on any atom is -0.371 e. The predicted octanol–water partition coefficient (Wildman–Crippen LogP) is 5.35. The van der Waals surface area contributed by atoms with Crippen molar-refractivity contribution in [1.82, 2.24) is 15.2 Å². The molecule has 1 aromatic heterocycles. The number of halogens is 4. The van der Waals surface area contributed by atoms with Crippen molar-refractivity contribution in [3.8, 4) is 0 Å². The van der Waals surface area contributed by atoms with Gasteiger partial charge in [0.15, 0.2) is 0 Å². The maximum Gasteiger partial charge on any atom is 0.433 e. The van der Waals surface area contributed by atoms with Crippen LogP contribution in [0.25, 0.3) is 10.9 Å². The van der Waals surface area contributed by atoms with Crippen molar-refractivity contribution in [2.24, 2.45) is 0 Å². The predicted molar refractivity (Wildman–Crippen MR) is 133 cm³/mol. The number of alkyl halides is 3. The first-order valence-electron chi connectivity index (χ1n) is 10.5. The fourth-order valence-electron chi connectivity index (χ4n) is 3.95. The first-order valence-corrected chi connectivity index (χ1v) is 12.3. The Balaban J connectivity index is 1.68. The second-order valence-corrected chi connectivity index (χ2v) is 10.4. The maximum absolute atomic E-state index is 13.5. The second kappa shape index (κ2) is 10.7. The van der Waals surface area contributed by atoms with E-state index in [2.05, 4.69) is 10.3 Å². The molecule has 0 saturated heterocycles. The number of benzene rings is 1. The van der Waals surface area contributed by atoms with Gasteiger partial charge in [-0.1, -0.05) is 35.6 Å². The van der Waals surface area contributed by atoms with E-state index < -0.39 is 11.9 Å². The number of hydrogen-bond acceptors (Lipinski definition) is 5. The molecule has 0 atom stereocenters. The number of hydrogen-bond donors (Lipinski definition) is 1. The smallest absolute Gasteiger partial charge is 0.371 e. The average molecular weight is 519 g/mol. The molecule has 0 spiro atoms. The van der Waals surface area contributed by atoms with Gasteiger partial charge in [-0.25, -0.2) is 4.98 Å². The number of thiocarbonyl (C=S) groups is 1. The highest BCUT2D eigenvalue weighted by atomic mass is 35.5. The van der Waals surface area contributed by atoms with E-state index in [1.165, 1.54) is 23.9 Å². The highest BCUT2D eigenvalue weighted by molar-refractivity contribution is 8.23. The van der Waals surface area contributed by atoms with E-state index in [4.69, 9.17) is 23.8 Å². The van der Waals surface area contributed by atoms with Crippen molar-refractivity contribution >= 4 is 62.4 Å². The number of pyridine rings is 1. The second-order valence-electron chi connectivity index (χ2n) is 8.32. The molecule has 0 aliphatic heterocycles. The average Bonchev–Trinajstić information content (AvgIpc) is 2.76. The lowest BCUT2D eigenvalue weighted by Crippen LogP contribution is -2.43. The zero-order valence-corrected chi connectivity index (χ0v) is 21.0. The molecule has 1 amide bonds. The summed E-state index contributed by atoms with van der Waals surface area (Å²) < 4.78 is 41.0. The van der Waals surface area contributed by atoms with E-state index in [-0.39, 0.29) is 29.3 Å². The number of rotatable bonds is 5. The molecule has 2 aromatic rings. The minimum absolute atomic E-state index is 0.0412. The lowest BCUT2D eigenvalue weighted by molar-refractivity contribution is -0.140. The Morgan fingerprint density at radius 1 is 1.21 bits per heavy atom. The summed E-state index contributed by atoms with van der Waals surface area (Å²) in [5.74, 6) is 0.200. The van der Waals surface area contributed by atoms with Gasteiger partial charge in [-0.3, -0.25) is 4.79 Å². The van der Waals surface area contributed by atoms with Crippen LogP contribution in [-0.2, 0) is 11.0 Å². The summed E-state index contributed by atoms with van der Waals surface area (Å²) in [6.07, 6.45) is -1.55. The first kappa shape index (κ1) is 25.8. The van der Waals surface area contributed by atoms with Crippen LogP contribution < -0.4 is 10.2 Å². The summed E-state index contributed by atoms with van der Waals surface area (Å²) in [5.41, 5.74) is -0.214. The van der Waals surface area contributed by atoms with Crippen LogP contribution in [0.3, 0.4) is 0 Å². The van der Waals surface area contributed by atoms with Gasteiger partial charge >= 0.3 is 6.18 Å². The van der Waals surface area contributed by atoms with Crippen molar-refractivity contribution in [2.75, 3.05) is 31.8 Å². The number of thioether (sulfide) groups is 1. The van der Waals surface area contributed by atoms with Crippen molar-refractivity contribution in [3.05, 3.63) is 35.0 Å². The van der Waals surface area contributed by atoms with Gasteiger partial charge in [0.25, 0.3) is 0 Å². The lowest BCUT2D eigenvalue weighted by atomic mass is 9.90. The molecule has 1 N–H and O–H groups in total. The van der Waals surface area contributed by atoms with Gasteiger partial charge in [0, 0.05) is 49.3 Å². The normalized spacial score (nSPS) is 18.8. The first-order chi connectivity index (χ1) is 15.5. The molecule has 1 fully saturated rings. The van der Waals surface area contributed by atoms with Crippen molar-refractivity contribution in [1.29, 1.82) is 0 Å². The van der Waals surface area contributed by atoms with E-state index in [0.29, 0.717) is 20.4 Å². The number of nitrogens with zero attached hydrogens (tertiary/aromatic N) is 3. The molecule has 0 unspecified atom stereocenters. The number of anilines is 1. The Labute approximate surface area is 206 Å². The third-order valence-corrected chi connectivity index (χ3v) is 7.69. The minimum atomic E-state index is -4.54. The number of aromatic nitrogens is 1. The molecular formula is C22H26ClF3N4OS2. The number of nitrogens with one attached hydrogen (secondary N) is 1. The number of amides is 1. The van der Waals surface area contributed by atoms with E-state index in [9.17, 15) is 18.0 Å². The molecule has 33 heavy (non-hydrogen) atoms. The Kier molecular flexibility index (Phi) is 8.34. The molecule has 3 rings (SSSR count). The zero-order chi connectivity index (χ0) is 24.3. The monoisotopic (exact) mass is 518 g/mol. The highest BCUT2D eigenvalue weighted by Gasteiger charge is 2.34. The zero-order valence-electron chi connectivity index (χ0n) is 18.6. The fraction of sp³-hybridized carbons (Fsp3) is 0.500. The van der Waals surface area contributed by atoms with E-state index >= 15 is 0 Å². The lowest BCUT2D eigenvalue weighted by Gasteiger charge is -2.37. The van der Waals surface area contributed by atoms with Crippen LogP contribution in [0.5, 0.6) is 0 Å². The van der Waals surface area contributed by atoms with Crippen molar-refractivity contribution in [2.45, 2.75) is 43.9 Å². The summed E-state index contributed by atoms with van der Waals surface area (Å²) in [6.45, 7) is 0. The van der Waals surface area contributed by atoms with Crippen LogP contribution >= 0.6 is 35.6 Å². The summed E-state index contributed by atoms with van der Waals surface area (Å²) in [6, 6.07) is 5.88. The van der Waals surface area contributed by atoms with E-state index in [1.807, 2.05) is 19.0 Å². The summed E-state index contributed by atoms with van der Waals surface area (Å²) >= 11 is 12.6. The molecule has 1 aliphatic rings. The van der Waals surface area contributed by atoms with Crippen LogP contribution in [-0.4, -0.2) is 59.1 Å². The number of fused-ring (bicyclic) bond motifs is 1. The van der Waals surface area contributed by atoms with E-state index in [1.54, 1.807) is 18.0 Å². The largest absolute Gasteiger partial charge is 0.433 e. The summed E-state index contributed by atoms with van der Waals surface area (Å²) in [7, 11) is 5.48. The van der Waals surface area contributed by atoms with Crippen LogP contribution in [0.4, 0.5) is 18.9 Å². The number of carbonyl (C=O) groups is 1. The quantitative estimate of drug-likeness (QED) is 0.538. The van der Waals surface area contributed by atoms with Crippen LogP contribution in [0, 0.1) is 0 Å². The molecule has 0 radical (unpaired) electrons. The standard InChI is InChI=1S/C22H26ClF3N4OS2/c1-29(2)21(32)33-12-20(31)27-14-5-7-15(8-6-14)30(3)18-11-19(22(24,25)26)28-17-9-4-13(23)10-16(17)18/h4,9-11,14-15H,5-8,12H2,1-3H3,(H,27,31)/t14-,15+. The van der Waals surface area contributed by atoms with Gasteiger partial charge in [0.2, 0.25) is 5.91 Å². The van der Waals surface area contributed by atoms with Crippen molar-refractivity contribution < 1.29 is 18.0 Å². The van der Waals surface area contributed by atoms with Gasteiger partial charge in [-0.05, 0) is 49.9 Å². The van der Waals surface area contributed by atoms with Gasteiger partial charge in [-0.15, -0.1) is 0 Å². The molecule has 1 heterocycles. The van der Waals surface area contributed by atoms with Crippen molar-refractivity contribution in [3.63, 3.8) is 0 Å². The Morgan fingerprint density at radius 2 is 1.88 bits per heavy atom. The van der Waals surface area contributed by atoms with Crippen LogP contribution in [0.1, 0.15) is 31.4 Å². The molecule has 5 nitrogen and oxygen atoms in total. The van der Waals surface area contributed by atoms with Crippen LogP contribution in [0.2, 0.25) is 5.02 Å². The van der Waals surface area contributed by atoms with Gasteiger partial charge in [0.1, 0.15) is 10.0 Å². The Bertz CT molecular complexity index is 1030. The molecule has 1 aromatic carbocycles. The van der Waals surface area contributed by atoms with Gasteiger partial charge < -0.3 is 15.1 Å². The topological polar surface area (TPSA) is 48.5 Å². The number of carbonyl (C=O) groups excluding carboxylic acids is 1. The summed E-state index contributed by atoms with van der Waals surface area (Å²) in [5, 5.41) is 4.07. The SMILES string of the molecule is CN(C)C(=S)SCC(=O)N[C@H]1CC[C@@H](N(C)c2cc(C(F)(F)F)nc3ccc(Cl)cc23)CC1. The van der Waals surface area contributed by atoms with Crippen LogP contribution in [0.15, 0.2) is 24.3 Å². The van der Waals surface area contributed by atoms with E-state index in [0.717, 1.165) is 31.7 Å². The molecule has 1 aliphatic carbocycles. The Hall–Kier alpha value is -1.78. The third-order valence-electron chi connectivity index (χ3n) is 5.72. The van der Waals surface area contributed by atoms with Gasteiger partial charge in [0.05, 0.1) is 11.3 Å². The molecule has 180 valence electrons. The fourth-order valence-corrected chi connectivity index (χ4v) is 4.89. The molecule has 11 heteroatoms. The van der Waals surface area contributed by atoms with Gasteiger partial charge in [-0.2, -0.15) is 13.2 Å². The summed E-state index contributed by atoms with van der Waals surface area (Å²) in [4.78, 5) is 19.7.